The van der Waals surface area contributed by atoms with Crippen LogP contribution in [0.3, 0.4) is 0 Å². The first-order valence-corrected chi connectivity index (χ1v) is 6.80. The van der Waals surface area contributed by atoms with Gasteiger partial charge in [0.15, 0.2) is 0 Å². The van der Waals surface area contributed by atoms with Crippen molar-refractivity contribution in [3.8, 4) is 5.75 Å². The van der Waals surface area contributed by atoms with E-state index in [1.165, 1.54) is 0 Å². The van der Waals surface area contributed by atoms with E-state index in [1.54, 1.807) is 0 Å². The van der Waals surface area contributed by atoms with Crippen molar-refractivity contribution in [1.29, 1.82) is 0 Å². The molecule has 2 rings (SSSR count). The van der Waals surface area contributed by atoms with Crippen LogP contribution in [0.15, 0.2) is 42.5 Å². The van der Waals surface area contributed by atoms with Crippen LogP contribution in [-0.2, 0) is 6.54 Å². The van der Waals surface area contributed by atoms with Crippen molar-refractivity contribution < 1.29 is 10.2 Å². The Hall–Kier alpha value is -1.84. The summed E-state index contributed by atoms with van der Waals surface area (Å²) in [4.78, 5) is 0. The summed E-state index contributed by atoms with van der Waals surface area (Å²) in [5, 5.41) is 23.2. The van der Waals surface area contributed by atoms with Crippen molar-refractivity contribution in [1.82, 2.24) is 5.32 Å². The fraction of sp³-hybridized carbons (Fsp3) is 0.294. The minimum Gasteiger partial charge on any atom is -0.507 e. The summed E-state index contributed by atoms with van der Waals surface area (Å²) in [5.41, 5.74) is 3.76. The molecule has 20 heavy (non-hydrogen) atoms. The van der Waals surface area contributed by atoms with Crippen LogP contribution in [0.25, 0.3) is 0 Å². The number of phenols is 1. The lowest BCUT2D eigenvalue weighted by Crippen LogP contribution is -2.21. The molecule has 0 radical (unpaired) electrons. The average molecular weight is 271 g/mol. The van der Waals surface area contributed by atoms with Crippen molar-refractivity contribution in [2.75, 3.05) is 6.54 Å². The molecule has 1 unspecified atom stereocenters. The highest BCUT2D eigenvalue weighted by Gasteiger charge is 2.08. The van der Waals surface area contributed by atoms with Crippen molar-refractivity contribution in [3.63, 3.8) is 0 Å². The summed E-state index contributed by atoms with van der Waals surface area (Å²) in [5.74, 6) is 0.324. The predicted molar refractivity (Wildman–Crippen MR) is 80.7 cm³/mol. The minimum atomic E-state index is -0.540. The molecule has 0 spiro atoms. The van der Waals surface area contributed by atoms with Crippen LogP contribution in [-0.4, -0.2) is 16.8 Å². The summed E-state index contributed by atoms with van der Waals surface area (Å²) >= 11 is 0. The number of benzene rings is 2. The molecule has 3 N–H and O–H groups in total. The molecule has 3 nitrogen and oxygen atoms in total. The maximum atomic E-state index is 10.1. The van der Waals surface area contributed by atoms with E-state index in [2.05, 4.69) is 5.32 Å². The Bertz CT molecular complexity index is 581. The lowest BCUT2D eigenvalue weighted by molar-refractivity contribution is 0.174. The fourth-order valence-corrected chi connectivity index (χ4v) is 2.20. The standard InChI is InChI=1S/C17H21NO2/c1-12-5-3-7-14(9-12)16(19)11-18-10-15-8-4-6-13(2)17(15)20/h3-9,16,18-20H,10-11H2,1-2H3. The number of aliphatic hydroxyl groups is 1. The second-order valence-electron chi connectivity index (χ2n) is 5.14. The van der Waals surface area contributed by atoms with Crippen LogP contribution in [0.1, 0.15) is 28.4 Å². The zero-order chi connectivity index (χ0) is 14.5. The van der Waals surface area contributed by atoms with Gasteiger partial charge in [-0.25, -0.2) is 0 Å². The van der Waals surface area contributed by atoms with Gasteiger partial charge in [0.1, 0.15) is 5.75 Å². The van der Waals surface area contributed by atoms with E-state index in [0.717, 1.165) is 22.3 Å². The number of aliphatic hydroxyl groups excluding tert-OH is 1. The smallest absolute Gasteiger partial charge is 0.122 e. The monoisotopic (exact) mass is 271 g/mol. The Morgan fingerprint density at radius 2 is 1.85 bits per heavy atom. The summed E-state index contributed by atoms with van der Waals surface area (Å²) in [7, 11) is 0. The quantitative estimate of drug-likeness (QED) is 0.784. The van der Waals surface area contributed by atoms with Gasteiger partial charge >= 0.3 is 0 Å². The molecule has 2 aromatic rings. The SMILES string of the molecule is Cc1cccc(C(O)CNCc2cccc(C)c2O)c1. The van der Waals surface area contributed by atoms with Gasteiger partial charge in [0, 0.05) is 18.7 Å². The summed E-state index contributed by atoms with van der Waals surface area (Å²) in [6.45, 7) is 4.88. The molecule has 0 aromatic heterocycles. The Balaban J connectivity index is 1.91. The highest BCUT2D eigenvalue weighted by atomic mass is 16.3. The van der Waals surface area contributed by atoms with Crippen molar-refractivity contribution >= 4 is 0 Å². The number of rotatable bonds is 5. The molecule has 0 bridgehead atoms. The van der Waals surface area contributed by atoms with Crippen LogP contribution in [0, 0.1) is 13.8 Å². The molecule has 0 aliphatic carbocycles. The number of nitrogens with one attached hydrogen (secondary N) is 1. The first-order chi connectivity index (χ1) is 9.58. The van der Waals surface area contributed by atoms with E-state index >= 15 is 0 Å². The maximum Gasteiger partial charge on any atom is 0.122 e. The van der Waals surface area contributed by atoms with E-state index in [4.69, 9.17) is 0 Å². The van der Waals surface area contributed by atoms with Crippen LogP contribution in [0.5, 0.6) is 5.75 Å². The van der Waals surface area contributed by atoms with E-state index in [-0.39, 0.29) is 0 Å². The van der Waals surface area contributed by atoms with E-state index in [9.17, 15) is 10.2 Å². The topological polar surface area (TPSA) is 52.5 Å². The van der Waals surface area contributed by atoms with Gasteiger partial charge in [-0.15, -0.1) is 0 Å². The van der Waals surface area contributed by atoms with Gasteiger partial charge in [-0.2, -0.15) is 0 Å². The zero-order valence-electron chi connectivity index (χ0n) is 11.9. The van der Waals surface area contributed by atoms with Gasteiger partial charge < -0.3 is 15.5 Å². The molecule has 1 atom stereocenters. The van der Waals surface area contributed by atoms with Gasteiger partial charge in [0.25, 0.3) is 0 Å². The molecule has 3 heteroatoms. The largest absolute Gasteiger partial charge is 0.507 e. The molecular weight excluding hydrogens is 250 g/mol. The first kappa shape index (κ1) is 14.6. The molecule has 106 valence electrons. The highest BCUT2D eigenvalue weighted by Crippen LogP contribution is 2.21. The second kappa shape index (κ2) is 6.55. The van der Waals surface area contributed by atoms with Gasteiger partial charge in [-0.05, 0) is 25.0 Å². The van der Waals surface area contributed by atoms with Gasteiger partial charge in [-0.3, -0.25) is 0 Å². The second-order valence-corrected chi connectivity index (χ2v) is 5.14. The molecule has 0 amide bonds. The Morgan fingerprint density at radius 1 is 1.10 bits per heavy atom. The third kappa shape index (κ3) is 3.59. The fourth-order valence-electron chi connectivity index (χ4n) is 2.20. The lowest BCUT2D eigenvalue weighted by atomic mass is 10.1. The number of aromatic hydroxyl groups is 1. The number of phenolic OH excluding ortho intramolecular Hbond substituents is 1. The third-order valence-corrected chi connectivity index (χ3v) is 3.40. The lowest BCUT2D eigenvalue weighted by Gasteiger charge is -2.14. The van der Waals surface area contributed by atoms with Crippen molar-refractivity contribution in [2.45, 2.75) is 26.5 Å². The highest BCUT2D eigenvalue weighted by molar-refractivity contribution is 5.39. The van der Waals surface area contributed by atoms with E-state index in [0.29, 0.717) is 18.8 Å². The third-order valence-electron chi connectivity index (χ3n) is 3.40. The van der Waals surface area contributed by atoms with E-state index in [1.807, 2.05) is 56.3 Å². The number of para-hydroxylation sites is 1. The van der Waals surface area contributed by atoms with Crippen LogP contribution in [0.2, 0.25) is 0 Å². The minimum absolute atomic E-state index is 0.324. The summed E-state index contributed by atoms with van der Waals surface area (Å²) in [6, 6.07) is 13.5. The molecular formula is C17H21NO2. The van der Waals surface area contributed by atoms with Crippen LogP contribution < -0.4 is 5.32 Å². The van der Waals surface area contributed by atoms with Gasteiger partial charge in [0.05, 0.1) is 6.10 Å². The summed E-state index contributed by atoms with van der Waals surface area (Å²) < 4.78 is 0. The number of aryl methyl sites for hydroxylation is 2. The van der Waals surface area contributed by atoms with E-state index < -0.39 is 6.10 Å². The Kier molecular flexibility index (Phi) is 4.77. The molecule has 0 aliphatic rings. The Labute approximate surface area is 119 Å². The summed E-state index contributed by atoms with van der Waals surface area (Å²) in [6.07, 6.45) is -0.540. The normalized spacial score (nSPS) is 12.3. The first-order valence-electron chi connectivity index (χ1n) is 6.80. The Morgan fingerprint density at radius 3 is 2.60 bits per heavy atom. The maximum absolute atomic E-state index is 10.1. The van der Waals surface area contributed by atoms with Crippen molar-refractivity contribution in [3.05, 3.63) is 64.7 Å². The van der Waals surface area contributed by atoms with Gasteiger partial charge in [0.2, 0.25) is 0 Å². The predicted octanol–water partition coefficient (Wildman–Crippen LogP) is 2.83. The number of hydrogen-bond donors (Lipinski definition) is 3. The molecule has 0 heterocycles. The molecule has 0 saturated carbocycles. The average Bonchev–Trinajstić information content (AvgIpc) is 2.43. The molecule has 0 aliphatic heterocycles. The van der Waals surface area contributed by atoms with Crippen molar-refractivity contribution in [2.24, 2.45) is 0 Å². The molecule has 2 aromatic carbocycles. The molecule has 0 fully saturated rings. The molecule has 0 saturated heterocycles. The van der Waals surface area contributed by atoms with Crippen LogP contribution >= 0.6 is 0 Å². The number of hydrogen-bond acceptors (Lipinski definition) is 3. The van der Waals surface area contributed by atoms with Crippen LogP contribution in [0.4, 0.5) is 0 Å². The zero-order valence-corrected chi connectivity index (χ0v) is 11.9. The van der Waals surface area contributed by atoms with Gasteiger partial charge in [-0.1, -0.05) is 48.0 Å².